The zero-order chi connectivity index (χ0) is 31.7. The normalized spacial score (nSPS) is 14.7. The Morgan fingerprint density at radius 2 is 1.84 bits per heavy atom. The Hall–Kier alpha value is -4.48. The van der Waals surface area contributed by atoms with Gasteiger partial charge in [-0.25, -0.2) is 22.5 Å². The molecule has 15 nitrogen and oxygen atoms in total. The van der Waals surface area contributed by atoms with Gasteiger partial charge in [0.05, 0.1) is 19.8 Å². The van der Waals surface area contributed by atoms with E-state index in [4.69, 9.17) is 21.1 Å². The summed E-state index contributed by atoms with van der Waals surface area (Å²) in [5.41, 5.74) is 0.307. The van der Waals surface area contributed by atoms with E-state index in [1.165, 1.54) is 38.2 Å². The number of aromatic amines is 1. The van der Waals surface area contributed by atoms with Gasteiger partial charge in [0.25, 0.3) is 5.56 Å². The fraction of sp³-hybridized carbons (Fsp3) is 0.370. The van der Waals surface area contributed by atoms with Crippen LogP contribution in [0.3, 0.4) is 0 Å². The van der Waals surface area contributed by atoms with Crippen molar-refractivity contribution < 1.29 is 22.3 Å². The number of fused-ring (bicyclic) bond motifs is 1. The van der Waals surface area contributed by atoms with Gasteiger partial charge in [-0.05, 0) is 49.2 Å². The molecule has 0 saturated carbocycles. The molecule has 4 heterocycles. The Morgan fingerprint density at radius 3 is 2.53 bits per heavy atom. The Labute approximate surface area is 261 Å². The summed E-state index contributed by atoms with van der Waals surface area (Å²) in [5, 5.41) is 19.3. The van der Waals surface area contributed by atoms with Gasteiger partial charge in [-0.3, -0.25) is 4.79 Å². The molecule has 1 aliphatic rings. The van der Waals surface area contributed by atoms with Crippen LogP contribution in [0.15, 0.2) is 46.3 Å². The average molecular weight is 659 g/mol. The first-order valence-corrected chi connectivity index (χ1v) is 16.0. The summed E-state index contributed by atoms with van der Waals surface area (Å²) >= 11 is 6.19. The second-order valence-corrected chi connectivity index (χ2v) is 12.4. The molecule has 5 aromatic rings. The number of rotatable bonds is 10. The largest absolute Gasteiger partial charge is 0.492 e. The number of ether oxygens (including phenoxy) is 2. The molecule has 6 rings (SSSR count). The minimum Gasteiger partial charge on any atom is -0.492 e. The monoisotopic (exact) mass is 658 g/mol. The van der Waals surface area contributed by atoms with Crippen LogP contribution in [-0.4, -0.2) is 84.2 Å². The molecule has 3 aromatic heterocycles. The summed E-state index contributed by atoms with van der Waals surface area (Å²) in [4.78, 5) is 20.2. The van der Waals surface area contributed by atoms with Crippen molar-refractivity contribution >= 4 is 32.8 Å². The smallest absolute Gasteiger partial charge is 0.281 e. The highest BCUT2D eigenvalue weighted by atomic mass is 35.5. The maximum absolute atomic E-state index is 14.4. The van der Waals surface area contributed by atoms with Gasteiger partial charge in [0, 0.05) is 41.7 Å². The van der Waals surface area contributed by atoms with Crippen molar-refractivity contribution in [2.24, 2.45) is 0 Å². The highest BCUT2D eigenvalue weighted by Crippen LogP contribution is 2.38. The van der Waals surface area contributed by atoms with Crippen molar-refractivity contribution in [1.82, 2.24) is 49.5 Å². The van der Waals surface area contributed by atoms with Crippen molar-refractivity contribution in [3.05, 3.63) is 69.2 Å². The number of piperidine rings is 1. The second-order valence-electron chi connectivity index (χ2n) is 10.1. The number of H-pyrrole nitrogens is 1. The number of hydrogen-bond acceptors (Lipinski definition) is 11. The number of hydrogen-bond donors (Lipinski definition) is 1. The van der Waals surface area contributed by atoms with E-state index in [0.717, 1.165) is 0 Å². The summed E-state index contributed by atoms with van der Waals surface area (Å²) in [6.45, 7) is 4.28. The molecule has 45 heavy (non-hydrogen) atoms. The van der Waals surface area contributed by atoms with Gasteiger partial charge in [-0.2, -0.15) is 8.99 Å². The number of sulfonamides is 1. The van der Waals surface area contributed by atoms with Crippen molar-refractivity contribution in [1.29, 1.82) is 0 Å². The molecule has 0 radical (unpaired) electrons. The molecule has 0 spiro atoms. The van der Waals surface area contributed by atoms with Crippen LogP contribution in [0.25, 0.3) is 16.9 Å². The minimum atomic E-state index is -4.03. The van der Waals surface area contributed by atoms with E-state index < -0.39 is 21.4 Å². The predicted octanol–water partition coefficient (Wildman–Crippen LogP) is 2.70. The van der Waals surface area contributed by atoms with Crippen molar-refractivity contribution in [2.45, 2.75) is 44.0 Å². The van der Waals surface area contributed by atoms with Gasteiger partial charge in [0.1, 0.15) is 40.1 Å². The Morgan fingerprint density at radius 1 is 1.09 bits per heavy atom. The number of aromatic nitrogens is 9. The van der Waals surface area contributed by atoms with Gasteiger partial charge >= 0.3 is 0 Å². The molecule has 1 N–H and O–H groups in total. The molecule has 0 atom stereocenters. The molecule has 0 bridgehead atoms. The second kappa shape index (κ2) is 12.5. The molecule has 1 fully saturated rings. The van der Waals surface area contributed by atoms with E-state index >= 15 is 0 Å². The first kappa shape index (κ1) is 30.5. The van der Waals surface area contributed by atoms with Crippen LogP contribution < -0.4 is 15.0 Å². The number of benzene rings is 2. The quantitative estimate of drug-likeness (QED) is 0.233. The lowest BCUT2D eigenvalue weighted by molar-refractivity contribution is 0.304. The Balaban J connectivity index is 1.26. The van der Waals surface area contributed by atoms with Crippen LogP contribution >= 0.6 is 11.6 Å². The molecule has 18 heteroatoms. The summed E-state index contributed by atoms with van der Waals surface area (Å²) < 4.78 is 57.9. The average Bonchev–Trinajstić information content (AvgIpc) is 3.71. The van der Waals surface area contributed by atoms with E-state index in [1.54, 1.807) is 26.0 Å². The van der Waals surface area contributed by atoms with Crippen LogP contribution in [0.2, 0.25) is 5.02 Å². The Bertz CT molecular complexity index is 1990. The van der Waals surface area contributed by atoms with Crippen molar-refractivity contribution in [3.8, 4) is 17.2 Å². The van der Waals surface area contributed by atoms with Crippen molar-refractivity contribution in [2.75, 3.05) is 26.3 Å². The fourth-order valence-electron chi connectivity index (χ4n) is 5.25. The first-order chi connectivity index (χ1) is 21.7. The molecule has 0 unspecified atom stereocenters. The van der Waals surface area contributed by atoms with E-state index in [9.17, 15) is 17.6 Å². The number of tetrazole rings is 1. The van der Waals surface area contributed by atoms with Crippen LogP contribution in [0.4, 0.5) is 4.39 Å². The van der Waals surface area contributed by atoms with E-state index in [-0.39, 0.29) is 76.9 Å². The lowest BCUT2D eigenvalue weighted by atomic mass is 9.97. The maximum Gasteiger partial charge on any atom is 0.281 e. The zero-order valence-electron chi connectivity index (χ0n) is 24.2. The summed E-state index contributed by atoms with van der Waals surface area (Å²) in [7, 11) is -4.03. The zero-order valence-corrected chi connectivity index (χ0v) is 25.8. The summed E-state index contributed by atoms with van der Waals surface area (Å²) in [5.74, 6) is 0.00351. The lowest BCUT2D eigenvalue weighted by Gasteiger charge is -2.31. The molecule has 0 amide bonds. The molecular formula is C27H28ClFN10O5S. The SMILES string of the molecule is CCOc1cc(S(=O)(=O)N2CCC(c3nc4c(nnn4Cc4c(F)cccc4Cl)c(=O)[nH]3)CC2)c(OCC)cc1-n1cnnn1. The number of nitrogens with zero attached hydrogens (tertiary/aromatic N) is 9. The van der Waals surface area contributed by atoms with Gasteiger partial charge in [-0.1, -0.05) is 22.9 Å². The summed E-state index contributed by atoms with van der Waals surface area (Å²) in [6, 6.07) is 7.31. The molecule has 1 saturated heterocycles. The van der Waals surface area contributed by atoms with E-state index in [1.807, 2.05) is 0 Å². The maximum atomic E-state index is 14.4. The topological polar surface area (TPSA) is 176 Å². The fourth-order valence-corrected chi connectivity index (χ4v) is 7.07. The van der Waals surface area contributed by atoms with Gasteiger partial charge in [-0.15, -0.1) is 10.2 Å². The Kier molecular flexibility index (Phi) is 8.48. The van der Waals surface area contributed by atoms with Crippen LogP contribution in [0.5, 0.6) is 11.5 Å². The highest BCUT2D eigenvalue weighted by molar-refractivity contribution is 7.89. The molecule has 2 aromatic carbocycles. The lowest BCUT2D eigenvalue weighted by Crippen LogP contribution is -2.38. The third-order valence-corrected chi connectivity index (χ3v) is 9.71. The van der Waals surface area contributed by atoms with Crippen LogP contribution in [0, 0.1) is 5.82 Å². The highest BCUT2D eigenvalue weighted by Gasteiger charge is 2.34. The number of halogens is 2. The van der Waals surface area contributed by atoms with Gasteiger partial charge in [0.2, 0.25) is 10.0 Å². The molecule has 236 valence electrons. The third-order valence-electron chi connectivity index (χ3n) is 7.44. The predicted molar refractivity (Wildman–Crippen MR) is 159 cm³/mol. The molecule has 0 aliphatic carbocycles. The van der Waals surface area contributed by atoms with Crippen LogP contribution in [0.1, 0.15) is 44.0 Å². The van der Waals surface area contributed by atoms with Crippen molar-refractivity contribution in [3.63, 3.8) is 0 Å². The minimum absolute atomic E-state index is 0.00454. The van der Waals surface area contributed by atoms with Gasteiger partial charge in [0.15, 0.2) is 11.2 Å². The number of nitrogens with one attached hydrogen (secondary N) is 1. The standard InChI is InChI=1S/C27H28ClFN10O5S/c1-3-43-21-13-23(22(44-4-2)12-20(21)39-15-30-34-36-39)45(41,42)37-10-8-16(9-11-37)25-31-26-24(27(40)32-25)33-35-38(26)14-17-18(28)6-5-7-19(17)29/h5-7,12-13,15-16H,3-4,8-11,14H2,1-2H3,(H,31,32,40). The summed E-state index contributed by atoms with van der Waals surface area (Å²) in [6.07, 6.45) is 2.12. The first-order valence-electron chi connectivity index (χ1n) is 14.1. The molecule has 1 aliphatic heterocycles. The van der Waals surface area contributed by atoms with E-state index in [0.29, 0.717) is 24.4 Å². The van der Waals surface area contributed by atoms with Crippen LogP contribution in [-0.2, 0) is 16.6 Å². The molecular weight excluding hydrogens is 631 g/mol. The third kappa shape index (κ3) is 5.85. The van der Waals surface area contributed by atoms with Gasteiger partial charge < -0.3 is 14.5 Å². The van der Waals surface area contributed by atoms with E-state index in [2.05, 4.69) is 35.8 Å².